The van der Waals surface area contributed by atoms with Crippen LogP contribution in [-0.2, 0) is 4.74 Å². The fourth-order valence-corrected chi connectivity index (χ4v) is 2.73. The Hall–Kier alpha value is -2.97. The highest BCUT2D eigenvalue weighted by molar-refractivity contribution is 5.86. The summed E-state index contributed by atoms with van der Waals surface area (Å²) in [5, 5.41) is 16.8. The van der Waals surface area contributed by atoms with Gasteiger partial charge in [-0.15, -0.1) is 5.10 Å². The molecule has 1 saturated heterocycles. The van der Waals surface area contributed by atoms with Crippen LogP contribution in [0.5, 0.6) is 0 Å². The van der Waals surface area contributed by atoms with Gasteiger partial charge < -0.3 is 14.7 Å². The molecule has 2 aromatic rings. The summed E-state index contributed by atoms with van der Waals surface area (Å²) in [5.41, 5.74) is 0.226. The molecule has 0 aromatic carbocycles. The second kappa shape index (κ2) is 6.65. The molecule has 0 amide bonds. The van der Waals surface area contributed by atoms with Crippen LogP contribution < -0.4 is 4.90 Å². The number of carbonyl (C=O) groups is 2. The predicted molar refractivity (Wildman–Crippen MR) is 83.0 cm³/mol. The van der Waals surface area contributed by atoms with E-state index in [0.29, 0.717) is 18.9 Å². The molecule has 126 valence electrons. The summed E-state index contributed by atoms with van der Waals surface area (Å²) >= 11 is 0. The number of piperidine rings is 1. The molecular formula is C15H17N5O4. The van der Waals surface area contributed by atoms with Crippen molar-refractivity contribution in [3.63, 3.8) is 0 Å². The molecule has 9 nitrogen and oxygen atoms in total. The van der Waals surface area contributed by atoms with Crippen LogP contribution in [0.3, 0.4) is 0 Å². The fraction of sp³-hybridized carbons (Fsp3) is 0.400. The maximum atomic E-state index is 11.4. The Balaban J connectivity index is 1.65. The monoisotopic (exact) mass is 331 g/mol. The summed E-state index contributed by atoms with van der Waals surface area (Å²) in [4.78, 5) is 28.7. The molecule has 2 aromatic heterocycles. The summed E-state index contributed by atoms with van der Waals surface area (Å²) in [6, 6.07) is 5.10. The van der Waals surface area contributed by atoms with Crippen LogP contribution in [0.1, 0.15) is 39.9 Å². The topological polar surface area (TPSA) is 110 Å². The van der Waals surface area contributed by atoms with Crippen molar-refractivity contribution in [1.29, 1.82) is 0 Å². The van der Waals surface area contributed by atoms with Gasteiger partial charge in [0.2, 0.25) is 0 Å². The minimum Gasteiger partial charge on any atom is -0.477 e. The van der Waals surface area contributed by atoms with Crippen molar-refractivity contribution >= 4 is 17.8 Å². The highest BCUT2D eigenvalue weighted by Crippen LogP contribution is 2.25. The van der Waals surface area contributed by atoms with Crippen molar-refractivity contribution in [2.75, 3.05) is 25.1 Å². The van der Waals surface area contributed by atoms with E-state index in [0.717, 1.165) is 12.8 Å². The molecule has 0 atom stereocenters. The first kappa shape index (κ1) is 15.9. The minimum absolute atomic E-state index is 0.0358. The van der Waals surface area contributed by atoms with Crippen molar-refractivity contribution in [3.8, 4) is 0 Å². The van der Waals surface area contributed by atoms with Gasteiger partial charge in [-0.3, -0.25) is 0 Å². The zero-order valence-electron chi connectivity index (χ0n) is 13.1. The van der Waals surface area contributed by atoms with Crippen LogP contribution in [0.15, 0.2) is 24.4 Å². The highest BCUT2D eigenvalue weighted by Gasteiger charge is 2.24. The SMILES string of the molecule is COC(=O)c1cn(C2CCN(c3cccc(C(=O)O)n3)CC2)nn1. The number of carbonyl (C=O) groups excluding carboxylic acids is 1. The second-order valence-electron chi connectivity index (χ2n) is 5.48. The number of rotatable bonds is 4. The summed E-state index contributed by atoms with van der Waals surface area (Å²) in [6.07, 6.45) is 3.18. The van der Waals surface area contributed by atoms with E-state index < -0.39 is 11.9 Å². The lowest BCUT2D eigenvalue weighted by Crippen LogP contribution is -2.35. The first-order valence-corrected chi connectivity index (χ1v) is 7.54. The number of aromatic nitrogens is 4. The number of carboxylic acid groups (broad SMARTS) is 1. The van der Waals surface area contributed by atoms with Crippen LogP contribution in [0, 0.1) is 0 Å². The Bertz CT molecular complexity index is 752. The molecule has 1 aliphatic rings. The third kappa shape index (κ3) is 3.19. The third-order valence-electron chi connectivity index (χ3n) is 4.02. The van der Waals surface area contributed by atoms with Gasteiger partial charge in [-0.25, -0.2) is 19.3 Å². The zero-order valence-corrected chi connectivity index (χ0v) is 13.1. The second-order valence-corrected chi connectivity index (χ2v) is 5.48. The number of hydrogen-bond acceptors (Lipinski definition) is 7. The number of anilines is 1. The summed E-state index contributed by atoms with van der Waals surface area (Å²) < 4.78 is 6.31. The van der Waals surface area contributed by atoms with E-state index in [1.807, 2.05) is 4.90 Å². The van der Waals surface area contributed by atoms with Crippen LogP contribution in [0.25, 0.3) is 0 Å². The van der Waals surface area contributed by atoms with E-state index in [2.05, 4.69) is 20.0 Å². The minimum atomic E-state index is -1.04. The zero-order chi connectivity index (χ0) is 17.1. The number of pyridine rings is 1. The Morgan fingerprint density at radius 2 is 2.00 bits per heavy atom. The van der Waals surface area contributed by atoms with Crippen molar-refractivity contribution < 1.29 is 19.4 Å². The lowest BCUT2D eigenvalue weighted by atomic mass is 10.1. The van der Waals surface area contributed by atoms with Gasteiger partial charge in [0.25, 0.3) is 0 Å². The average molecular weight is 331 g/mol. The maximum absolute atomic E-state index is 11.4. The van der Waals surface area contributed by atoms with Crippen LogP contribution in [-0.4, -0.2) is 57.2 Å². The van der Waals surface area contributed by atoms with Gasteiger partial charge in [-0.1, -0.05) is 11.3 Å². The van der Waals surface area contributed by atoms with E-state index in [4.69, 9.17) is 5.11 Å². The third-order valence-corrected chi connectivity index (χ3v) is 4.02. The number of aromatic carboxylic acids is 1. The Labute approximate surface area is 137 Å². The molecule has 0 saturated carbocycles. The van der Waals surface area contributed by atoms with Crippen LogP contribution >= 0.6 is 0 Å². The van der Waals surface area contributed by atoms with Gasteiger partial charge in [0.15, 0.2) is 11.4 Å². The molecule has 0 radical (unpaired) electrons. The van der Waals surface area contributed by atoms with E-state index >= 15 is 0 Å². The molecule has 1 N–H and O–H groups in total. The molecule has 0 aliphatic carbocycles. The molecule has 0 spiro atoms. The van der Waals surface area contributed by atoms with E-state index in [1.54, 1.807) is 23.0 Å². The van der Waals surface area contributed by atoms with Gasteiger partial charge in [-0.05, 0) is 25.0 Å². The van der Waals surface area contributed by atoms with Crippen molar-refractivity contribution in [1.82, 2.24) is 20.0 Å². The van der Waals surface area contributed by atoms with Crippen molar-refractivity contribution in [3.05, 3.63) is 35.8 Å². The molecule has 1 aliphatic heterocycles. The number of carboxylic acids is 1. The molecular weight excluding hydrogens is 314 g/mol. The van der Waals surface area contributed by atoms with Crippen molar-refractivity contribution in [2.24, 2.45) is 0 Å². The summed E-state index contributed by atoms with van der Waals surface area (Å²) in [6.45, 7) is 1.43. The molecule has 0 unspecified atom stereocenters. The Morgan fingerprint density at radius 3 is 2.67 bits per heavy atom. The highest BCUT2D eigenvalue weighted by atomic mass is 16.5. The smallest absolute Gasteiger partial charge is 0.360 e. The average Bonchev–Trinajstić information content (AvgIpc) is 3.11. The van der Waals surface area contributed by atoms with E-state index in [1.165, 1.54) is 13.2 Å². The quantitative estimate of drug-likeness (QED) is 0.826. The first-order valence-electron chi connectivity index (χ1n) is 7.54. The van der Waals surface area contributed by atoms with Gasteiger partial charge in [0.05, 0.1) is 19.3 Å². The number of hydrogen-bond donors (Lipinski definition) is 1. The van der Waals surface area contributed by atoms with Crippen molar-refractivity contribution in [2.45, 2.75) is 18.9 Å². The van der Waals surface area contributed by atoms with Crippen LogP contribution in [0.4, 0.5) is 5.82 Å². The predicted octanol–water partition coefficient (Wildman–Crippen LogP) is 0.999. The number of methoxy groups -OCH3 is 1. The number of ether oxygens (including phenoxy) is 1. The van der Waals surface area contributed by atoms with E-state index in [9.17, 15) is 9.59 Å². The Kier molecular flexibility index (Phi) is 4.41. The number of nitrogens with zero attached hydrogens (tertiary/aromatic N) is 5. The lowest BCUT2D eigenvalue weighted by molar-refractivity contribution is 0.0593. The molecule has 3 rings (SSSR count). The number of esters is 1. The van der Waals surface area contributed by atoms with Crippen LogP contribution in [0.2, 0.25) is 0 Å². The maximum Gasteiger partial charge on any atom is 0.360 e. The van der Waals surface area contributed by atoms with Gasteiger partial charge in [0.1, 0.15) is 5.82 Å². The first-order chi connectivity index (χ1) is 11.6. The largest absolute Gasteiger partial charge is 0.477 e. The molecule has 9 heteroatoms. The molecule has 24 heavy (non-hydrogen) atoms. The fourth-order valence-electron chi connectivity index (χ4n) is 2.73. The summed E-state index contributed by atoms with van der Waals surface area (Å²) in [5.74, 6) is -0.889. The van der Waals surface area contributed by atoms with Gasteiger partial charge in [-0.2, -0.15) is 0 Å². The lowest BCUT2D eigenvalue weighted by Gasteiger charge is -2.32. The summed E-state index contributed by atoms with van der Waals surface area (Å²) in [7, 11) is 1.30. The molecule has 1 fully saturated rings. The molecule has 0 bridgehead atoms. The van der Waals surface area contributed by atoms with Gasteiger partial charge >= 0.3 is 11.9 Å². The Morgan fingerprint density at radius 1 is 1.25 bits per heavy atom. The normalized spacial score (nSPS) is 15.3. The van der Waals surface area contributed by atoms with Gasteiger partial charge in [0, 0.05) is 13.1 Å². The standard InChI is InChI=1S/C15H17N5O4/c1-24-15(23)12-9-20(18-17-12)10-5-7-19(8-6-10)13-4-2-3-11(16-13)14(21)22/h2-4,9-10H,5-8H2,1H3,(H,21,22). The molecule has 3 heterocycles. The van der Waals surface area contributed by atoms with E-state index in [-0.39, 0.29) is 17.4 Å².